The van der Waals surface area contributed by atoms with Gasteiger partial charge in [-0.1, -0.05) is 60.7 Å². The molecule has 0 aliphatic heterocycles. The summed E-state index contributed by atoms with van der Waals surface area (Å²) in [6.07, 6.45) is 0. The summed E-state index contributed by atoms with van der Waals surface area (Å²) in [5.41, 5.74) is 4.85. The molecule has 26 heavy (non-hydrogen) atoms. The Balaban J connectivity index is 2.20. The summed E-state index contributed by atoms with van der Waals surface area (Å²) in [4.78, 5) is 24.6. The van der Waals surface area contributed by atoms with Crippen LogP contribution in [0.1, 0.15) is 37.8 Å². The van der Waals surface area contributed by atoms with Gasteiger partial charge < -0.3 is 4.74 Å². The van der Waals surface area contributed by atoms with Gasteiger partial charge in [0.25, 0.3) is 5.91 Å². The first-order valence-corrected chi connectivity index (χ1v) is 8.65. The Bertz CT molecular complexity index is 718. The molecule has 1 amide bonds. The van der Waals surface area contributed by atoms with Gasteiger partial charge in [0.2, 0.25) is 0 Å². The number of carbonyl (C=O) groups excluding carboxylic acids is 2. The monoisotopic (exact) mass is 352 g/mol. The number of amides is 1. The predicted octanol–water partition coefficient (Wildman–Crippen LogP) is 3.51. The number of esters is 1. The molecule has 0 aromatic heterocycles. The molecule has 0 saturated heterocycles. The van der Waals surface area contributed by atoms with Crippen LogP contribution in [0.25, 0.3) is 0 Å². The molecule has 136 valence electrons. The lowest BCUT2D eigenvalue weighted by Crippen LogP contribution is -2.29. The van der Waals surface area contributed by atoms with E-state index >= 15 is 0 Å². The molecule has 0 radical (unpaired) electrons. The lowest BCUT2D eigenvalue weighted by atomic mass is 9.91. The van der Waals surface area contributed by atoms with Crippen molar-refractivity contribution in [2.24, 2.45) is 11.0 Å². The van der Waals surface area contributed by atoms with Crippen LogP contribution in [0, 0.1) is 5.92 Å². The van der Waals surface area contributed by atoms with E-state index in [1.165, 1.54) is 0 Å². The van der Waals surface area contributed by atoms with E-state index in [-0.39, 0.29) is 11.9 Å². The molecule has 2 aromatic rings. The van der Waals surface area contributed by atoms with Crippen molar-refractivity contribution in [2.75, 3.05) is 6.61 Å². The van der Waals surface area contributed by atoms with Gasteiger partial charge in [-0.15, -0.1) is 0 Å². The van der Waals surface area contributed by atoms with Crippen molar-refractivity contribution in [3.8, 4) is 0 Å². The summed E-state index contributed by atoms with van der Waals surface area (Å²) in [6.45, 7) is 5.47. The van der Waals surface area contributed by atoms with Crippen LogP contribution in [0.4, 0.5) is 0 Å². The number of rotatable bonds is 7. The molecule has 1 N–H and O–H groups in total. The molecule has 0 heterocycles. The molecule has 1 unspecified atom stereocenters. The molecule has 5 heteroatoms. The van der Waals surface area contributed by atoms with E-state index in [4.69, 9.17) is 4.74 Å². The highest BCUT2D eigenvalue weighted by atomic mass is 16.5. The average Bonchev–Trinajstić information content (AvgIpc) is 2.67. The van der Waals surface area contributed by atoms with Crippen LogP contribution in [0.15, 0.2) is 65.8 Å². The Morgan fingerprint density at radius 1 is 1.00 bits per heavy atom. The third-order valence-corrected chi connectivity index (χ3v) is 4.14. The van der Waals surface area contributed by atoms with E-state index in [9.17, 15) is 9.59 Å². The molecular formula is C21H24N2O3. The van der Waals surface area contributed by atoms with Crippen LogP contribution in [0.5, 0.6) is 0 Å². The van der Waals surface area contributed by atoms with Crippen LogP contribution >= 0.6 is 0 Å². The van der Waals surface area contributed by atoms with Crippen molar-refractivity contribution in [1.82, 2.24) is 5.43 Å². The van der Waals surface area contributed by atoms with Gasteiger partial charge >= 0.3 is 5.97 Å². The summed E-state index contributed by atoms with van der Waals surface area (Å²) < 4.78 is 4.99. The number of hydrogen-bond acceptors (Lipinski definition) is 4. The topological polar surface area (TPSA) is 67.8 Å². The van der Waals surface area contributed by atoms with Crippen LogP contribution in [-0.2, 0) is 14.3 Å². The van der Waals surface area contributed by atoms with Crippen LogP contribution in [0.2, 0.25) is 0 Å². The van der Waals surface area contributed by atoms with E-state index < -0.39 is 11.8 Å². The summed E-state index contributed by atoms with van der Waals surface area (Å²) in [5.74, 6) is -1.60. The Kier molecular flexibility index (Phi) is 7.09. The smallest absolute Gasteiger partial charge is 0.314 e. The zero-order valence-electron chi connectivity index (χ0n) is 15.3. The SMILES string of the molecule is CCOC(=O)C(C)/C(C)=N/NC(=O)C(c1ccccc1)c1ccccc1. The van der Waals surface area contributed by atoms with Crippen molar-refractivity contribution in [3.63, 3.8) is 0 Å². The van der Waals surface area contributed by atoms with E-state index in [2.05, 4.69) is 10.5 Å². The van der Waals surface area contributed by atoms with Gasteiger partial charge in [0, 0.05) is 5.71 Å². The standard InChI is InChI=1S/C21H24N2O3/c1-4-26-21(25)15(2)16(3)22-23-20(24)19(17-11-7-5-8-12-17)18-13-9-6-10-14-18/h5-15,19H,4H2,1-3H3,(H,23,24)/b22-16+. The maximum Gasteiger partial charge on any atom is 0.314 e. The fourth-order valence-corrected chi connectivity index (χ4v) is 2.53. The van der Waals surface area contributed by atoms with Gasteiger partial charge in [-0.3, -0.25) is 9.59 Å². The largest absolute Gasteiger partial charge is 0.465 e. The second kappa shape index (κ2) is 9.51. The minimum absolute atomic E-state index is 0.252. The highest BCUT2D eigenvalue weighted by Crippen LogP contribution is 2.24. The second-order valence-corrected chi connectivity index (χ2v) is 5.96. The molecular weight excluding hydrogens is 328 g/mol. The van der Waals surface area contributed by atoms with E-state index in [0.29, 0.717) is 12.3 Å². The second-order valence-electron chi connectivity index (χ2n) is 5.96. The Hall–Kier alpha value is -2.95. The molecule has 0 saturated carbocycles. The van der Waals surface area contributed by atoms with E-state index in [1.54, 1.807) is 20.8 Å². The summed E-state index contributed by atoms with van der Waals surface area (Å²) in [6, 6.07) is 19.1. The quantitative estimate of drug-likeness (QED) is 0.471. The van der Waals surface area contributed by atoms with Gasteiger partial charge in [-0.25, -0.2) is 5.43 Å². The van der Waals surface area contributed by atoms with Gasteiger partial charge in [-0.05, 0) is 31.9 Å². The molecule has 0 aliphatic carbocycles. The lowest BCUT2D eigenvalue weighted by molar-refractivity contribution is -0.145. The van der Waals surface area contributed by atoms with E-state index in [0.717, 1.165) is 11.1 Å². The van der Waals surface area contributed by atoms with Crippen LogP contribution in [0.3, 0.4) is 0 Å². The van der Waals surface area contributed by atoms with Gasteiger partial charge in [-0.2, -0.15) is 5.10 Å². The number of hydrazone groups is 1. The molecule has 0 spiro atoms. The van der Waals surface area contributed by atoms with Gasteiger partial charge in [0.15, 0.2) is 0 Å². The lowest BCUT2D eigenvalue weighted by Gasteiger charge is -2.17. The molecule has 1 atom stereocenters. The first-order chi connectivity index (χ1) is 12.5. The Morgan fingerprint density at radius 3 is 1.96 bits per heavy atom. The first kappa shape index (κ1) is 19.4. The highest BCUT2D eigenvalue weighted by Gasteiger charge is 2.23. The van der Waals surface area contributed by atoms with Crippen molar-refractivity contribution < 1.29 is 14.3 Å². The molecule has 0 aliphatic rings. The predicted molar refractivity (Wildman–Crippen MR) is 102 cm³/mol. The summed E-state index contributed by atoms with van der Waals surface area (Å²) in [7, 11) is 0. The maximum atomic E-state index is 12.8. The van der Waals surface area contributed by atoms with E-state index in [1.807, 2.05) is 60.7 Å². The molecule has 2 aromatic carbocycles. The third-order valence-electron chi connectivity index (χ3n) is 4.14. The minimum atomic E-state index is -0.512. The third kappa shape index (κ3) is 5.02. The molecule has 2 rings (SSSR count). The highest BCUT2D eigenvalue weighted by molar-refractivity contribution is 6.01. The number of nitrogens with one attached hydrogen (secondary N) is 1. The molecule has 0 bridgehead atoms. The average molecular weight is 352 g/mol. The summed E-state index contributed by atoms with van der Waals surface area (Å²) in [5, 5.41) is 4.12. The Labute approximate surface area is 154 Å². The molecule has 5 nitrogen and oxygen atoms in total. The number of hydrogen-bond donors (Lipinski definition) is 1. The zero-order chi connectivity index (χ0) is 18.9. The number of carbonyl (C=O) groups is 2. The normalized spacial score (nSPS) is 12.5. The van der Waals surface area contributed by atoms with Crippen molar-refractivity contribution in [2.45, 2.75) is 26.7 Å². The molecule has 0 fully saturated rings. The first-order valence-electron chi connectivity index (χ1n) is 8.65. The van der Waals surface area contributed by atoms with Crippen molar-refractivity contribution in [1.29, 1.82) is 0 Å². The minimum Gasteiger partial charge on any atom is -0.465 e. The summed E-state index contributed by atoms with van der Waals surface area (Å²) >= 11 is 0. The number of benzene rings is 2. The van der Waals surface area contributed by atoms with Crippen LogP contribution in [-0.4, -0.2) is 24.2 Å². The fourth-order valence-electron chi connectivity index (χ4n) is 2.53. The van der Waals surface area contributed by atoms with Crippen LogP contribution < -0.4 is 5.43 Å². The number of nitrogens with zero attached hydrogens (tertiary/aromatic N) is 1. The number of ether oxygens (including phenoxy) is 1. The van der Waals surface area contributed by atoms with Crippen molar-refractivity contribution >= 4 is 17.6 Å². The van der Waals surface area contributed by atoms with Gasteiger partial charge in [0.1, 0.15) is 0 Å². The van der Waals surface area contributed by atoms with Crippen molar-refractivity contribution in [3.05, 3.63) is 71.8 Å². The maximum absolute atomic E-state index is 12.8. The fraction of sp³-hybridized carbons (Fsp3) is 0.286. The van der Waals surface area contributed by atoms with Gasteiger partial charge in [0.05, 0.1) is 18.4 Å². The Morgan fingerprint density at radius 2 is 1.50 bits per heavy atom. The zero-order valence-corrected chi connectivity index (χ0v) is 15.3.